The highest BCUT2D eigenvalue weighted by Gasteiger charge is 2.27. The van der Waals surface area contributed by atoms with Crippen molar-refractivity contribution in [2.45, 2.75) is 38.7 Å². The Kier molecular flexibility index (Phi) is 5.10. The highest BCUT2D eigenvalue weighted by molar-refractivity contribution is 6.32. The molecule has 0 atom stereocenters. The van der Waals surface area contributed by atoms with Crippen LogP contribution in [0.1, 0.15) is 41.0 Å². The summed E-state index contributed by atoms with van der Waals surface area (Å²) < 4.78 is 5.99. The van der Waals surface area contributed by atoms with E-state index in [2.05, 4.69) is 11.4 Å². The molecule has 0 saturated heterocycles. The maximum absolute atomic E-state index is 11.8. The lowest BCUT2D eigenvalue weighted by atomic mass is 9.96. The van der Waals surface area contributed by atoms with Crippen molar-refractivity contribution in [1.29, 1.82) is 0 Å². The minimum atomic E-state index is 0.0116. The molecule has 0 unspecified atom stereocenters. The van der Waals surface area contributed by atoms with E-state index in [1.54, 1.807) is 7.05 Å². The first-order chi connectivity index (χ1) is 11.6. The van der Waals surface area contributed by atoms with Gasteiger partial charge >= 0.3 is 0 Å². The molecule has 0 aromatic heterocycles. The first-order valence-corrected chi connectivity index (χ1v) is 8.66. The summed E-state index contributed by atoms with van der Waals surface area (Å²) in [5.74, 6) is 1.29. The number of halogens is 1. The maximum Gasteiger partial charge on any atom is 0.224 e. The average Bonchev–Trinajstić information content (AvgIpc) is 3.39. The summed E-state index contributed by atoms with van der Waals surface area (Å²) in [4.78, 5) is 11.8. The quantitative estimate of drug-likeness (QED) is 0.844. The molecule has 1 saturated carbocycles. The minimum Gasteiger partial charge on any atom is -0.487 e. The lowest BCUT2D eigenvalue weighted by Gasteiger charge is -2.16. The second-order valence-corrected chi connectivity index (χ2v) is 6.74. The van der Waals surface area contributed by atoms with Crippen LogP contribution in [-0.2, 0) is 17.8 Å². The van der Waals surface area contributed by atoms with Gasteiger partial charge in [0, 0.05) is 7.05 Å². The van der Waals surface area contributed by atoms with Crippen LogP contribution in [0.2, 0.25) is 5.02 Å². The fraction of sp³-hybridized carbons (Fsp3) is 0.350. The van der Waals surface area contributed by atoms with Crippen LogP contribution < -0.4 is 10.1 Å². The van der Waals surface area contributed by atoms with Crippen LogP contribution in [0.4, 0.5) is 0 Å². The van der Waals surface area contributed by atoms with Crippen LogP contribution in [0.15, 0.2) is 36.4 Å². The highest BCUT2D eigenvalue weighted by atomic mass is 35.5. The normalized spacial score (nSPS) is 13.6. The zero-order chi connectivity index (χ0) is 17.1. The van der Waals surface area contributed by atoms with E-state index in [9.17, 15) is 4.79 Å². The summed E-state index contributed by atoms with van der Waals surface area (Å²) in [6.07, 6.45) is 2.79. The Morgan fingerprint density at radius 3 is 2.75 bits per heavy atom. The van der Waals surface area contributed by atoms with Gasteiger partial charge in [0.15, 0.2) is 0 Å². The van der Waals surface area contributed by atoms with Crippen LogP contribution in [-0.4, -0.2) is 13.0 Å². The molecule has 0 bridgehead atoms. The van der Waals surface area contributed by atoms with E-state index < -0.39 is 0 Å². The maximum atomic E-state index is 11.8. The molecule has 3 nitrogen and oxygen atoms in total. The molecule has 126 valence electrons. The second-order valence-electron chi connectivity index (χ2n) is 6.33. The lowest BCUT2D eigenvalue weighted by Crippen LogP contribution is -2.21. The van der Waals surface area contributed by atoms with E-state index in [0.717, 1.165) is 16.7 Å². The molecule has 2 aromatic carbocycles. The van der Waals surface area contributed by atoms with Gasteiger partial charge in [0.05, 0.1) is 11.4 Å². The number of aryl methyl sites for hydroxylation is 1. The monoisotopic (exact) mass is 343 g/mol. The van der Waals surface area contributed by atoms with E-state index in [1.807, 2.05) is 37.3 Å². The largest absolute Gasteiger partial charge is 0.487 e. The van der Waals surface area contributed by atoms with Gasteiger partial charge in [-0.2, -0.15) is 0 Å². The van der Waals surface area contributed by atoms with Gasteiger partial charge in [-0.3, -0.25) is 4.79 Å². The van der Waals surface area contributed by atoms with Crippen LogP contribution >= 0.6 is 11.6 Å². The van der Waals surface area contributed by atoms with E-state index in [4.69, 9.17) is 16.3 Å². The predicted octanol–water partition coefficient (Wildman–Crippen LogP) is 4.39. The molecule has 1 fully saturated rings. The molecule has 4 heteroatoms. The molecular weight excluding hydrogens is 322 g/mol. The van der Waals surface area contributed by atoms with Crippen molar-refractivity contribution < 1.29 is 9.53 Å². The number of carbonyl (C=O) groups is 1. The van der Waals surface area contributed by atoms with Crippen molar-refractivity contribution in [1.82, 2.24) is 5.32 Å². The molecule has 1 aliphatic rings. The van der Waals surface area contributed by atoms with Crippen molar-refractivity contribution in [2.75, 3.05) is 7.05 Å². The molecule has 1 amide bonds. The Labute approximate surface area is 148 Å². The fourth-order valence-electron chi connectivity index (χ4n) is 2.91. The Morgan fingerprint density at radius 2 is 2.08 bits per heavy atom. The SMILES string of the molecule is CNC(=O)Cc1cccc(C2CC2)c1COc1ccc(C)cc1Cl. The zero-order valence-electron chi connectivity index (χ0n) is 14.1. The van der Waals surface area contributed by atoms with Gasteiger partial charge in [-0.05, 0) is 60.1 Å². The first-order valence-electron chi connectivity index (χ1n) is 8.28. The van der Waals surface area contributed by atoms with Gasteiger partial charge in [-0.1, -0.05) is 35.9 Å². The lowest BCUT2D eigenvalue weighted by molar-refractivity contribution is -0.119. The van der Waals surface area contributed by atoms with Crippen molar-refractivity contribution >= 4 is 17.5 Å². The molecule has 24 heavy (non-hydrogen) atoms. The van der Waals surface area contributed by atoms with E-state index in [0.29, 0.717) is 29.7 Å². The van der Waals surface area contributed by atoms with E-state index >= 15 is 0 Å². The number of carbonyl (C=O) groups excluding carboxylic acids is 1. The van der Waals surface area contributed by atoms with Gasteiger partial charge < -0.3 is 10.1 Å². The van der Waals surface area contributed by atoms with Crippen LogP contribution in [0, 0.1) is 6.92 Å². The molecule has 1 aliphatic carbocycles. The Balaban J connectivity index is 1.85. The van der Waals surface area contributed by atoms with E-state index in [-0.39, 0.29) is 5.91 Å². The zero-order valence-corrected chi connectivity index (χ0v) is 14.8. The Morgan fingerprint density at radius 1 is 1.29 bits per heavy atom. The summed E-state index contributed by atoms with van der Waals surface area (Å²) in [6, 6.07) is 12.0. The molecule has 3 rings (SSSR count). The molecule has 0 spiro atoms. The molecule has 0 radical (unpaired) electrons. The Bertz CT molecular complexity index is 753. The predicted molar refractivity (Wildman–Crippen MR) is 96.7 cm³/mol. The van der Waals surface area contributed by atoms with Crippen LogP contribution in [0.25, 0.3) is 0 Å². The minimum absolute atomic E-state index is 0.0116. The first kappa shape index (κ1) is 16.8. The summed E-state index contributed by atoms with van der Waals surface area (Å²) in [5, 5.41) is 3.31. The van der Waals surface area contributed by atoms with Gasteiger partial charge in [0.1, 0.15) is 12.4 Å². The number of benzene rings is 2. The van der Waals surface area contributed by atoms with Crippen molar-refractivity contribution in [3.8, 4) is 5.75 Å². The molecular formula is C20H22ClNO2. The second kappa shape index (κ2) is 7.27. The topological polar surface area (TPSA) is 38.3 Å². The number of nitrogens with one attached hydrogen (secondary N) is 1. The van der Waals surface area contributed by atoms with Crippen molar-refractivity contribution in [3.05, 3.63) is 63.7 Å². The number of amides is 1. The number of ether oxygens (including phenoxy) is 1. The van der Waals surface area contributed by atoms with Gasteiger partial charge in [0.25, 0.3) is 0 Å². The summed E-state index contributed by atoms with van der Waals surface area (Å²) >= 11 is 6.27. The number of likely N-dealkylation sites (N-methyl/N-ethyl adjacent to an activating group) is 1. The van der Waals surface area contributed by atoms with Gasteiger partial charge in [-0.25, -0.2) is 0 Å². The third kappa shape index (κ3) is 3.90. The Hall–Kier alpha value is -2.00. The third-order valence-corrected chi connectivity index (χ3v) is 4.71. The van der Waals surface area contributed by atoms with E-state index in [1.165, 1.54) is 18.4 Å². The molecule has 2 aromatic rings. The molecule has 1 N–H and O–H groups in total. The summed E-state index contributed by atoms with van der Waals surface area (Å²) in [7, 11) is 1.66. The number of hydrogen-bond donors (Lipinski definition) is 1. The van der Waals surface area contributed by atoms with Crippen LogP contribution in [0.3, 0.4) is 0 Å². The molecule has 0 heterocycles. The van der Waals surface area contributed by atoms with Crippen LogP contribution in [0.5, 0.6) is 5.75 Å². The summed E-state index contributed by atoms with van der Waals surface area (Å²) in [5.41, 5.74) is 4.56. The van der Waals surface area contributed by atoms with Gasteiger partial charge in [0.2, 0.25) is 5.91 Å². The van der Waals surface area contributed by atoms with Crippen molar-refractivity contribution in [3.63, 3.8) is 0 Å². The van der Waals surface area contributed by atoms with Gasteiger partial charge in [-0.15, -0.1) is 0 Å². The average molecular weight is 344 g/mol. The molecule has 0 aliphatic heterocycles. The fourth-order valence-corrected chi connectivity index (χ4v) is 3.20. The van der Waals surface area contributed by atoms with Crippen molar-refractivity contribution in [2.24, 2.45) is 0 Å². The standard InChI is InChI=1S/C20H22ClNO2/c1-13-6-9-19(18(21)10-13)24-12-17-15(11-20(23)22-2)4-3-5-16(17)14-7-8-14/h3-6,9-10,14H,7-8,11-12H2,1-2H3,(H,22,23). The smallest absolute Gasteiger partial charge is 0.224 e. The number of rotatable bonds is 6. The number of hydrogen-bond acceptors (Lipinski definition) is 2. The summed E-state index contributed by atoms with van der Waals surface area (Å²) in [6.45, 7) is 2.43. The highest BCUT2D eigenvalue weighted by Crippen LogP contribution is 2.42. The third-order valence-electron chi connectivity index (χ3n) is 4.42.